The molecule has 1 saturated heterocycles. The molecule has 92 valence electrons. The Balaban J connectivity index is 2.17. The van der Waals surface area contributed by atoms with Crippen molar-refractivity contribution in [1.29, 1.82) is 0 Å². The lowest BCUT2D eigenvalue weighted by molar-refractivity contribution is -0.122. The van der Waals surface area contributed by atoms with Gasteiger partial charge in [-0.15, -0.1) is 0 Å². The number of carbonyl (C=O) groups is 1. The molecule has 1 aromatic carbocycles. The summed E-state index contributed by atoms with van der Waals surface area (Å²) in [6.45, 7) is 1.39. The standard InChI is InChI=1S/C12H16FN3O/c13-9-2-4-10(5-3-9)16-12(11(14)17)6-1-7-15-8-12/h2-5,15-16H,1,6-8H2,(H2,14,17). The second kappa shape index (κ2) is 4.71. The van der Waals surface area contributed by atoms with Gasteiger partial charge in [0.15, 0.2) is 0 Å². The van der Waals surface area contributed by atoms with E-state index in [0.717, 1.165) is 13.0 Å². The van der Waals surface area contributed by atoms with Gasteiger partial charge in [-0.3, -0.25) is 4.79 Å². The van der Waals surface area contributed by atoms with Crippen LogP contribution in [0.2, 0.25) is 0 Å². The number of hydrogen-bond donors (Lipinski definition) is 3. The number of primary amides is 1. The van der Waals surface area contributed by atoms with Crippen molar-refractivity contribution in [3.05, 3.63) is 30.1 Å². The summed E-state index contributed by atoms with van der Waals surface area (Å²) >= 11 is 0. The third-order valence-corrected chi connectivity index (χ3v) is 3.08. The summed E-state index contributed by atoms with van der Waals surface area (Å²) in [6.07, 6.45) is 1.57. The molecule has 2 rings (SSSR count). The molecule has 0 radical (unpaired) electrons. The van der Waals surface area contributed by atoms with E-state index in [4.69, 9.17) is 5.73 Å². The molecule has 1 aliphatic heterocycles. The van der Waals surface area contributed by atoms with E-state index >= 15 is 0 Å². The number of rotatable bonds is 3. The Labute approximate surface area is 99.4 Å². The van der Waals surface area contributed by atoms with Crippen LogP contribution < -0.4 is 16.4 Å². The Morgan fingerprint density at radius 2 is 2.12 bits per heavy atom. The van der Waals surface area contributed by atoms with E-state index in [2.05, 4.69) is 10.6 Å². The number of halogens is 1. The zero-order valence-corrected chi connectivity index (χ0v) is 9.50. The van der Waals surface area contributed by atoms with Crippen LogP contribution in [0, 0.1) is 5.82 Å². The number of piperidine rings is 1. The number of benzene rings is 1. The molecule has 1 aromatic rings. The predicted octanol–water partition coefficient (Wildman–Crippen LogP) is 0.845. The maximum absolute atomic E-state index is 12.8. The molecule has 5 heteroatoms. The van der Waals surface area contributed by atoms with E-state index in [-0.39, 0.29) is 11.7 Å². The summed E-state index contributed by atoms with van der Waals surface area (Å²) < 4.78 is 12.8. The molecule has 0 aliphatic carbocycles. The highest BCUT2D eigenvalue weighted by atomic mass is 19.1. The van der Waals surface area contributed by atoms with Crippen molar-refractivity contribution in [3.63, 3.8) is 0 Å². The molecule has 1 amide bonds. The Hall–Kier alpha value is -1.62. The Morgan fingerprint density at radius 1 is 1.41 bits per heavy atom. The van der Waals surface area contributed by atoms with Gasteiger partial charge in [0.1, 0.15) is 11.4 Å². The van der Waals surface area contributed by atoms with Crippen LogP contribution in [0.5, 0.6) is 0 Å². The van der Waals surface area contributed by atoms with Crippen LogP contribution in [0.4, 0.5) is 10.1 Å². The average molecular weight is 237 g/mol. The number of hydrogen-bond acceptors (Lipinski definition) is 3. The first kappa shape index (κ1) is 11.9. The van der Waals surface area contributed by atoms with Crippen LogP contribution in [0.25, 0.3) is 0 Å². The van der Waals surface area contributed by atoms with Gasteiger partial charge < -0.3 is 16.4 Å². The van der Waals surface area contributed by atoms with E-state index in [1.165, 1.54) is 12.1 Å². The Bertz CT molecular complexity index is 399. The Kier molecular flexibility index (Phi) is 3.28. The number of nitrogens with one attached hydrogen (secondary N) is 2. The van der Waals surface area contributed by atoms with E-state index in [0.29, 0.717) is 18.7 Å². The average Bonchev–Trinajstić information content (AvgIpc) is 2.33. The van der Waals surface area contributed by atoms with Crippen molar-refractivity contribution in [3.8, 4) is 0 Å². The monoisotopic (exact) mass is 237 g/mol. The molecular weight excluding hydrogens is 221 g/mol. The van der Waals surface area contributed by atoms with Crippen LogP contribution in [0.1, 0.15) is 12.8 Å². The number of nitrogens with two attached hydrogens (primary N) is 1. The van der Waals surface area contributed by atoms with Crippen molar-refractivity contribution in [2.24, 2.45) is 5.73 Å². The van der Waals surface area contributed by atoms with Crippen LogP contribution in [0.3, 0.4) is 0 Å². The molecule has 17 heavy (non-hydrogen) atoms. The van der Waals surface area contributed by atoms with E-state index in [1.807, 2.05) is 0 Å². The fourth-order valence-electron chi connectivity index (χ4n) is 2.09. The number of carbonyl (C=O) groups excluding carboxylic acids is 1. The second-order valence-corrected chi connectivity index (χ2v) is 4.36. The quantitative estimate of drug-likeness (QED) is 0.730. The van der Waals surface area contributed by atoms with Gasteiger partial charge in [0, 0.05) is 12.2 Å². The SMILES string of the molecule is NC(=O)C1(Nc2ccc(F)cc2)CCCNC1. The van der Waals surface area contributed by atoms with Crippen molar-refractivity contribution in [2.75, 3.05) is 18.4 Å². The highest BCUT2D eigenvalue weighted by Crippen LogP contribution is 2.22. The summed E-state index contributed by atoms with van der Waals surface area (Å²) in [5.41, 5.74) is 5.40. The van der Waals surface area contributed by atoms with Gasteiger partial charge in [0.2, 0.25) is 5.91 Å². The van der Waals surface area contributed by atoms with Crippen molar-refractivity contribution in [1.82, 2.24) is 5.32 Å². The molecule has 0 aromatic heterocycles. The van der Waals surface area contributed by atoms with Crippen LogP contribution in [-0.4, -0.2) is 24.5 Å². The molecule has 4 N–H and O–H groups in total. The summed E-state index contributed by atoms with van der Waals surface area (Å²) in [5.74, 6) is -0.681. The van der Waals surface area contributed by atoms with Crippen molar-refractivity contribution >= 4 is 11.6 Å². The molecule has 1 fully saturated rings. The lowest BCUT2D eigenvalue weighted by atomic mass is 9.89. The minimum atomic E-state index is -0.768. The lowest BCUT2D eigenvalue weighted by Gasteiger charge is -2.36. The van der Waals surface area contributed by atoms with E-state index in [1.54, 1.807) is 12.1 Å². The minimum absolute atomic E-state index is 0.301. The highest BCUT2D eigenvalue weighted by Gasteiger charge is 2.37. The van der Waals surface area contributed by atoms with E-state index in [9.17, 15) is 9.18 Å². The first-order valence-electron chi connectivity index (χ1n) is 5.67. The van der Waals surface area contributed by atoms with Crippen molar-refractivity contribution < 1.29 is 9.18 Å². The summed E-state index contributed by atoms with van der Waals surface area (Å²) in [7, 11) is 0. The third kappa shape index (κ3) is 2.55. The molecule has 1 unspecified atom stereocenters. The largest absolute Gasteiger partial charge is 0.370 e. The van der Waals surface area contributed by atoms with Gasteiger partial charge >= 0.3 is 0 Å². The fourth-order valence-corrected chi connectivity index (χ4v) is 2.09. The smallest absolute Gasteiger partial charge is 0.244 e. The predicted molar refractivity (Wildman–Crippen MR) is 64.1 cm³/mol. The van der Waals surface area contributed by atoms with Gasteiger partial charge in [-0.25, -0.2) is 4.39 Å². The normalized spacial score (nSPS) is 24.3. The molecule has 1 atom stereocenters. The van der Waals surface area contributed by atoms with Crippen LogP contribution in [0.15, 0.2) is 24.3 Å². The van der Waals surface area contributed by atoms with Gasteiger partial charge in [-0.1, -0.05) is 0 Å². The fraction of sp³-hybridized carbons (Fsp3) is 0.417. The first-order valence-corrected chi connectivity index (χ1v) is 5.67. The minimum Gasteiger partial charge on any atom is -0.370 e. The van der Waals surface area contributed by atoms with E-state index < -0.39 is 5.54 Å². The molecule has 1 heterocycles. The summed E-state index contributed by atoms with van der Waals surface area (Å²) in [5, 5.41) is 6.27. The molecule has 0 saturated carbocycles. The maximum Gasteiger partial charge on any atom is 0.244 e. The Morgan fingerprint density at radius 3 is 2.65 bits per heavy atom. The number of amides is 1. The number of anilines is 1. The molecule has 4 nitrogen and oxygen atoms in total. The van der Waals surface area contributed by atoms with Crippen molar-refractivity contribution in [2.45, 2.75) is 18.4 Å². The molecule has 0 spiro atoms. The van der Waals surface area contributed by atoms with Gasteiger partial charge in [-0.2, -0.15) is 0 Å². The van der Waals surface area contributed by atoms with Gasteiger partial charge in [-0.05, 0) is 43.7 Å². The zero-order valence-electron chi connectivity index (χ0n) is 9.50. The van der Waals surface area contributed by atoms with Crippen LogP contribution in [-0.2, 0) is 4.79 Å². The second-order valence-electron chi connectivity index (χ2n) is 4.36. The zero-order chi connectivity index (χ0) is 12.3. The maximum atomic E-state index is 12.8. The summed E-state index contributed by atoms with van der Waals surface area (Å²) in [4.78, 5) is 11.6. The highest BCUT2D eigenvalue weighted by molar-refractivity contribution is 5.88. The first-order chi connectivity index (χ1) is 8.12. The molecular formula is C12H16FN3O. The van der Waals surface area contributed by atoms with Crippen LogP contribution >= 0.6 is 0 Å². The topological polar surface area (TPSA) is 67.2 Å². The summed E-state index contributed by atoms with van der Waals surface area (Å²) in [6, 6.07) is 5.92. The van der Waals surface area contributed by atoms with Gasteiger partial charge in [0.05, 0.1) is 0 Å². The lowest BCUT2D eigenvalue weighted by Crippen LogP contribution is -2.59. The molecule has 0 bridgehead atoms. The third-order valence-electron chi connectivity index (χ3n) is 3.08. The van der Waals surface area contributed by atoms with Gasteiger partial charge in [0.25, 0.3) is 0 Å². The molecule has 1 aliphatic rings.